The Morgan fingerprint density at radius 2 is 1.48 bits per heavy atom. The first-order valence-electron chi connectivity index (χ1n) is 7.48. The molecule has 0 spiro atoms. The molecule has 2 aromatic carbocycles. The Balaban J connectivity index is 2.09. The van der Waals surface area contributed by atoms with Crippen LogP contribution in [0.3, 0.4) is 0 Å². The number of carbonyl (C=O) groups excluding carboxylic acids is 2. The first kappa shape index (κ1) is 18.4. The van der Waals surface area contributed by atoms with Gasteiger partial charge in [0.1, 0.15) is 0 Å². The Morgan fingerprint density at radius 3 is 1.96 bits per heavy atom. The molecule has 0 N–H and O–H groups in total. The summed E-state index contributed by atoms with van der Waals surface area (Å²) in [6, 6.07) is 11.7. The van der Waals surface area contributed by atoms with Crippen LogP contribution in [0.2, 0.25) is 0 Å². The molecule has 0 aliphatic heterocycles. The fourth-order valence-corrected chi connectivity index (χ4v) is 2.08. The number of hydrogen-bond acceptors (Lipinski definition) is 3. The molecule has 0 amide bonds. The number of esters is 1. The number of halogens is 3. The van der Waals surface area contributed by atoms with Gasteiger partial charge in [-0.1, -0.05) is 42.5 Å². The van der Waals surface area contributed by atoms with Crippen molar-refractivity contribution < 1.29 is 27.5 Å². The maximum Gasteiger partial charge on any atom is 0.416 e. The van der Waals surface area contributed by atoms with E-state index in [1.54, 1.807) is 31.2 Å². The number of ketones is 1. The van der Waals surface area contributed by atoms with Gasteiger partial charge in [0.05, 0.1) is 12.2 Å². The smallest absolute Gasteiger partial charge is 0.416 e. The average Bonchev–Trinajstić information content (AvgIpc) is 2.59. The van der Waals surface area contributed by atoms with Crippen LogP contribution in [0.1, 0.15) is 18.1 Å². The molecule has 0 aliphatic rings. The van der Waals surface area contributed by atoms with Gasteiger partial charge in [0.15, 0.2) is 0 Å². The molecule has 2 aromatic rings. The summed E-state index contributed by atoms with van der Waals surface area (Å²) in [4.78, 5) is 22.7. The summed E-state index contributed by atoms with van der Waals surface area (Å²) in [6.45, 7) is 1.73. The number of carbonyl (C=O) groups is 2. The molecule has 0 bridgehead atoms. The lowest BCUT2D eigenvalue weighted by molar-refractivity contribution is -0.151. The number of ether oxygens (including phenoxy) is 1. The molecule has 25 heavy (non-hydrogen) atoms. The van der Waals surface area contributed by atoms with Crippen LogP contribution in [0.15, 0.2) is 54.6 Å². The van der Waals surface area contributed by atoms with E-state index in [0.717, 1.165) is 23.8 Å². The van der Waals surface area contributed by atoms with Crippen molar-refractivity contribution in [3.8, 4) is 11.1 Å². The van der Waals surface area contributed by atoms with E-state index in [2.05, 4.69) is 4.74 Å². The van der Waals surface area contributed by atoms with E-state index in [1.807, 2.05) is 0 Å². The summed E-state index contributed by atoms with van der Waals surface area (Å²) in [6.07, 6.45) is -1.78. The molecular formula is C19H15F3O3. The third kappa shape index (κ3) is 5.04. The molecule has 0 fully saturated rings. The van der Waals surface area contributed by atoms with E-state index in [4.69, 9.17) is 0 Å². The Morgan fingerprint density at radius 1 is 0.960 bits per heavy atom. The Hall–Kier alpha value is -2.89. The quantitative estimate of drug-likeness (QED) is 0.453. The lowest BCUT2D eigenvalue weighted by Gasteiger charge is -2.08. The second-order valence-corrected chi connectivity index (χ2v) is 5.12. The maximum absolute atomic E-state index is 12.6. The molecule has 0 radical (unpaired) electrons. The summed E-state index contributed by atoms with van der Waals surface area (Å²) >= 11 is 0. The Kier molecular flexibility index (Phi) is 5.75. The van der Waals surface area contributed by atoms with E-state index in [9.17, 15) is 22.8 Å². The van der Waals surface area contributed by atoms with Crippen molar-refractivity contribution in [2.75, 3.05) is 6.61 Å². The van der Waals surface area contributed by atoms with Gasteiger partial charge >= 0.3 is 12.1 Å². The molecule has 0 aromatic heterocycles. The number of alkyl halides is 3. The first-order chi connectivity index (χ1) is 11.8. The van der Waals surface area contributed by atoms with Crippen LogP contribution >= 0.6 is 0 Å². The van der Waals surface area contributed by atoms with Crippen molar-refractivity contribution in [1.29, 1.82) is 0 Å². The van der Waals surface area contributed by atoms with E-state index in [-0.39, 0.29) is 6.61 Å². The zero-order valence-electron chi connectivity index (χ0n) is 13.3. The zero-order valence-corrected chi connectivity index (χ0v) is 13.3. The lowest BCUT2D eigenvalue weighted by Crippen LogP contribution is -2.14. The number of hydrogen-bond donors (Lipinski definition) is 0. The topological polar surface area (TPSA) is 43.4 Å². The summed E-state index contributed by atoms with van der Waals surface area (Å²) in [5.74, 6) is -1.67. The fraction of sp³-hybridized carbons (Fsp3) is 0.158. The highest BCUT2D eigenvalue weighted by Crippen LogP contribution is 2.31. The van der Waals surface area contributed by atoms with Crippen LogP contribution in [0.25, 0.3) is 17.2 Å². The minimum absolute atomic E-state index is 0.125. The van der Waals surface area contributed by atoms with Gasteiger partial charge in [-0.15, -0.1) is 0 Å². The molecule has 0 atom stereocenters. The van der Waals surface area contributed by atoms with Gasteiger partial charge < -0.3 is 4.74 Å². The third-order valence-electron chi connectivity index (χ3n) is 3.36. The molecule has 0 unspecified atom stereocenters. The van der Waals surface area contributed by atoms with Crippen LogP contribution in [0.5, 0.6) is 0 Å². The highest BCUT2D eigenvalue weighted by molar-refractivity contribution is 6.39. The molecule has 2 rings (SSSR count). The van der Waals surface area contributed by atoms with Gasteiger partial charge in [-0.05, 0) is 41.8 Å². The van der Waals surface area contributed by atoms with Crippen LogP contribution in [0, 0.1) is 0 Å². The van der Waals surface area contributed by atoms with Gasteiger partial charge in [-0.25, -0.2) is 4.79 Å². The van der Waals surface area contributed by atoms with Crippen molar-refractivity contribution in [3.63, 3.8) is 0 Å². The second-order valence-electron chi connectivity index (χ2n) is 5.12. The first-order valence-corrected chi connectivity index (χ1v) is 7.48. The average molecular weight is 348 g/mol. The van der Waals surface area contributed by atoms with Crippen molar-refractivity contribution in [2.24, 2.45) is 0 Å². The summed E-state index contributed by atoms with van der Waals surface area (Å²) < 4.78 is 42.3. The highest BCUT2D eigenvalue weighted by atomic mass is 19.4. The molecule has 0 saturated carbocycles. The molecule has 6 heteroatoms. The van der Waals surface area contributed by atoms with E-state index < -0.39 is 23.5 Å². The van der Waals surface area contributed by atoms with Gasteiger partial charge in [0.25, 0.3) is 5.78 Å². The van der Waals surface area contributed by atoms with E-state index >= 15 is 0 Å². The second kappa shape index (κ2) is 7.79. The monoisotopic (exact) mass is 348 g/mol. The maximum atomic E-state index is 12.6. The molecule has 0 heterocycles. The SMILES string of the molecule is CCOC(=O)C(=O)/C=C/c1ccc(-c2ccc(C(F)(F)F)cc2)cc1. The predicted molar refractivity (Wildman–Crippen MR) is 87.6 cm³/mol. The minimum Gasteiger partial charge on any atom is -0.460 e. The molecule has 0 aliphatic carbocycles. The highest BCUT2D eigenvalue weighted by Gasteiger charge is 2.29. The van der Waals surface area contributed by atoms with Gasteiger partial charge in [-0.3, -0.25) is 4.79 Å². The fourth-order valence-electron chi connectivity index (χ4n) is 2.08. The third-order valence-corrected chi connectivity index (χ3v) is 3.36. The number of rotatable bonds is 5. The summed E-state index contributed by atoms with van der Waals surface area (Å²) in [5, 5.41) is 0. The Bertz CT molecular complexity index is 773. The van der Waals surface area contributed by atoms with Gasteiger partial charge in [0, 0.05) is 0 Å². The van der Waals surface area contributed by atoms with Gasteiger partial charge in [0.2, 0.25) is 0 Å². The summed E-state index contributed by atoms with van der Waals surface area (Å²) in [7, 11) is 0. The van der Waals surface area contributed by atoms with E-state index in [0.29, 0.717) is 11.1 Å². The van der Waals surface area contributed by atoms with Gasteiger partial charge in [-0.2, -0.15) is 13.2 Å². The Labute approximate surface area is 142 Å². The summed E-state index contributed by atoms with van der Waals surface area (Å²) in [5.41, 5.74) is 1.36. The zero-order chi connectivity index (χ0) is 18.4. The molecule has 0 saturated heterocycles. The molecular weight excluding hydrogens is 333 g/mol. The van der Waals surface area contributed by atoms with Crippen LogP contribution in [-0.2, 0) is 20.5 Å². The van der Waals surface area contributed by atoms with E-state index in [1.165, 1.54) is 18.2 Å². The van der Waals surface area contributed by atoms with Crippen molar-refractivity contribution in [2.45, 2.75) is 13.1 Å². The largest absolute Gasteiger partial charge is 0.460 e. The molecule has 3 nitrogen and oxygen atoms in total. The predicted octanol–water partition coefficient (Wildman–Crippen LogP) is 4.52. The minimum atomic E-state index is -4.36. The molecule has 130 valence electrons. The number of benzene rings is 2. The van der Waals surface area contributed by atoms with Crippen molar-refractivity contribution in [1.82, 2.24) is 0 Å². The standard InChI is InChI=1S/C19H15F3O3/c1-2-25-18(24)17(23)12-5-13-3-6-14(7-4-13)15-8-10-16(11-9-15)19(20,21)22/h3-12H,2H2,1H3/b12-5+. The van der Waals surface area contributed by atoms with Crippen molar-refractivity contribution in [3.05, 3.63) is 65.7 Å². The van der Waals surface area contributed by atoms with Crippen LogP contribution < -0.4 is 0 Å². The van der Waals surface area contributed by atoms with Crippen LogP contribution in [-0.4, -0.2) is 18.4 Å². The van der Waals surface area contributed by atoms with Crippen molar-refractivity contribution >= 4 is 17.8 Å². The lowest BCUT2D eigenvalue weighted by atomic mass is 10.0. The normalized spacial score (nSPS) is 11.5. The van der Waals surface area contributed by atoms with Crippen LogP contribution in [0.4, 0.5) is 13.2 Å².